The SMILES string of the molecule is Cl.O=C(O)[C@@H]1C[C@H]2C[C@@H](Oc3ccccc3-c3nn[nH]n3)CC[C@H]2CN1. The fraction of sp³-hybridized carbons (Fsp3) is 0.529. The molecular weight excluding hydrogens is 358 g/mol. The van der Waals surface area contributed by atoms with Gasteiger partial charge in [-0.05, 0) is 61.4 Å². The highest BCUT2D eigenvalue weighted by molar-refractivity contribution is 5.85. The number of aliphatic carboxylic acids is 1. The van der Waals surface area contributed by atoms with E-state index < -0.39 is 12.0 Å². The van der Waals surface area contributed by atoms with Gasteiger partial charge < -0.3 is 15.2 Å². The lowest BCUT2D eigenvalue weighted by Crippen LogP contribution is -2.50. The Kier molecular flexibility index (Phi) is 5.73. The number of aromatic nitrogens is 4. The lowest BCUT2D eigenvalue weighted by molar-refractivity contribution is -0.141. The third kappa shape index (κ3) is 3.81. The van der Waals surface area contributed by atoms with E-state index in [1.54, 1.807) is 0 Å². The molecule has 2 aliphatic rings. The van der Waals surface area contributed by atoms with Crippen molar-refractivity contribution in [1.82, 2.24) is 25.9 Å². The van der Waals surface area contributed by atoms with E-state index in [9.17, 15) is 9.90 Å². The predicted molar refractivity (Wildman–Crippen MR) is 96.2 cm³/mol. The number of piperidine rings is 1. The molecule has 1 aliphatic carbocycles. The van der Waals surface area contributed by atoms with Crippen LogP contribution in [0.2, 0.25) is 0 Å². The molecule has 9 heteroatoms. The molecule has 4 rings (SSSR count). The van der Waals surface area contributed by atoms with Gasteiger partial charge in [0, 0.05) is 0 Å². The number of hydrogen-bond donors (Lipinski definition) is 3. The molecule has 4 atom stereocenters. The summed E-state index contributed by atoms with van der Waals surface area (Å²) in [5.74, 6) is 1.43. The summed E-state index contributed by atoms with van der Waals surface area (Å²) < 4.78 is 6.27. The van der Waals surface area contributed by atoms with Crippen molar-refractivity contribution in [1.29, 1.82) is 0 Å². The number of rotatable bonds is 4. The number of carboxylic acids is 1. The summed E-state index contributed by atoms with van der Waals surface area (Å²) in [5, 5.41) is 26.5. The number of carbonyl (C=O) groups is 1. The van der Waals surface area contributed by atoms with Crippen molar-refractivity contribution >= 4 is 18.4 Å². The Morgan fingerprint density at radius 1 is 1.19 bits per heavy atom. The Morgan fingerprint density at radius 2 is 2.04 bits per heavy atom. The number of H-pyrrole nitrogens is 1. The molecule has 1 saturated carbocycles. The van der Waals surface area contributed by atoms with Crippen LogP contribution in [0.15, 0.2) is 24.3 Å². The Balaban J connectivity index is 0.00000196. The van der Waals surface area contributed by atoms with E-state index >= 15 is 0 Å². The van der Waals surface area contributed by atoms with Crippen LogP contribution in [0.25, 0.3) is 11.4 Å². The fourth-order valence-corrected chi connectivity index (χ4v) is 4.03. The Morgan fingerprint density at radius 3 is 2.81 bits per heavy atom. The third-order valence-corrected chi connectivity index (χ3v) is 5.32. The number of halogens is 1. The molecule has 26 heavy (non-hydrogen) atoms. The van der Waals surface area contributed by atoms with Crippen LogP contribution in [0.5, 0.6) is 5.75 Å². The van der Waals surface area contributed by atoms with Gasteiger partial charge in [-0.25, -0.2) is 0 Å². The smallest absolute Gasteiger partial charge is 0.320 e. The minimum atomic E-state index is -0.760. The molecule has 2 heterocycles. The summed E-state index contributed by atoms with van der Waals surface area (Å²) in [7, 11) is 0. The molecule has 0 bridgehead atoms. The zero-order chi connectivity index (χ0) is 17.2. The van der Waals surface area contributed by atoms with Gasteiger partial charge in [0.1, 0.15) is 11.8 Å². The highest BCUT2D eigenvalue weighted by Crippen LogP contribution is 2.38. The van der Waals surface area contributed by atoms with Crippen LogP contribution in [0.4, 0.5) is 0 Å². The summed E-state index contributed by atoms with van der Waals surface area (Å²) in [6, 6.07) is 7.23. The first-order valence-corrected chi connectivity index (χ1v) is 8.66. The van der Waals surface area contributed by atoms with Crippen LogP contribution in [-0.2, 0) is 4.79 Å². The number of nitrogens with zero attached hydrogens (tertiary/aromatic N) is 3. The number of benzene rings is 1. The first-order chi connectivity index (χ1) is 12.2. The van der Waals surface area contributed by atoms with E-state index in [-0.39, 0.29) is 18.5 Å². The molecule has 0 unspecified atom stereocenters. The normalized spacial score (nSPS) is 27.8. The second-order valence-corrected chi connectivity index (χ2v) is 6.84. The predicted octanol–water partition coefficient (Wildman–Crippen LogP) is 1.90. The number of fused-ring (bicyclic) bond motifs is 1. The summed E-state index contributed by atoms with van der Waals surface area (Å²) in [4.78, 5) is 11.3. The van der Waals surface area contributed by atoms with Crippen molar-refractivity contribution in [2.45, 2.75) is 37.8 Å². The first-order valence-electron chi connectivity index (χ1n) is 8.66. The lowest BCUT2D eigenvalue weighted by atomic mass is 9.72. The highest BCUT2D eigenvalue weighted by atomic mass is 35.5. The number of nitrogens with one attached hydrogen (secondary N) is 2. The molecule has 1 aromatic heterocycles. The average Bonchev–Trinajstić information content (AvgIpc) is 3.16. The van der Waals surface area contributed by atoms with Crippen LogP contribution < -0.4 is 10.1 Å². The van der Waals surface area contributed by atoms with Gasteiger partial charge in [0.2, 0.25) is 5.82 Å². The molecule has 1 saturated heterocycles. The van der Waals surface area contributed by atoms with Crippen LogP contribution in [0.3, 0.4) is 0 Å². The zero-order valence-electron chi connectivity index (χ0n) is 14.2. The van der Waals surface area contributed by atoms with E-state index in [1.807, 2.05) is 24.3 Å². The van der Waals surface area contributed by atoms with Crippen molar-refractivity contribution in [2.24, 2.45) is 11.8 Å². The summed E-state index contributed by atoms with van der Waals surface area (Å²) >= 11 is 0. The highest BCUT2D eigenvalue weighted by Gasteiger charge is 2.38. The molecule has 2 aromatic rings. The average molecular weight is 380 g/mol. The second-order valence-electron chi connectivity index (χ2n) is 6.84. The number of tetrazole rings is 1. The van der Waals surface area contributed by atoms with E-state index in [2.05, 4.69) is 25.9 Å². The van der Waals surface area contributed by atoms with Gasteiger partial charge in [-0.15, -0.1) is 22.6 Å². The Labute approximate surface area is 157 Å². The van der Waals surface area contributed by atoms with Gasteiger partial charge in [0.15, 0.2) is 0 Å². The second kappa shape index (κ2) is 8.01. The number of aromatic amines is 1. The van der Waals surface area contributed by atoms with E-state index in [4.69, 9.17) is 4.74 Å². The van der Waals surface area contributed by atoms with E-state index in [0.717, 1.165) is 37.1 Å². The van der Waals surface area contributed by atoms with Crippen molar-refractivity contribution in [2.75, 3.05) is 6.54 Å². The zero-order valence-corrected chi connectivity index (χ0v) is 15.0. The maximum atomic E-state index is 11.3. The number of ether oxygens (including phenoxy) is 1. The van der Waals surface area contributed by atoms with Gasteiger partial charge in [0.25, 0.3) is 0 Å². The van der Waals surface area contributed by atoms with Gasteiger partial charge >= 0.3 is 5.97 Å². The molecule has 3 N–H and O–H groups in total. The van der Waals surface area contributed by atoms with Gasteiger partial charge in [-0.3, -0.25) is 4.79 Å². The van der Waals surface area contributed by atoms with Crippen molar-refractivity contribution in [3.8, 4) is 17.1 Å². The molecule has 1 aliphatic heterocycles. The minimum Gasteiger partial charge on any atom is -0.490 e. The Bertz CT molecular complexity index is 742. The van der Waals surface area contributed by atoms with Crippen molar-refractivity contribution in [3.05, 3.63) is 24.3 Å². The Hall–Kier alpha value is -2.19. The molecule has 1 aromatic carbocycles. The molecule has 0 amide bonds. The van der Waals surface area contributed by atoms with Crippen LogP contribution in [0, 0.1) is 11.8 Å². The molecule has 140 valence electrons. The van der Waals surface area contributed by atoms with Crippen LogP contribution in [-0.4, -0.2) is 50.4 Å². The minimum absolute atomic E-state index is 0. The van der Waals surface area contributed by atoms with Crippen molar-refractivity contribution in [3.63, 3.8) is 0 Å². The number of para-hydroxylation sites is 1. The molecule has 0 spiro atoms. The monoisotopic (exact) mass is 379 g/mol. The summed E-state index contributed by atoms with van der Waals surface area (Å²) in [6.07, 6.45) is 3.67. The quantitative estimate of drug-likeness (QED) is 0.743. The van der Waals surface area contributed by atoms with Gasteiger partial charge in [-0.1, -0.05) is 12.1 Å². The third-order valence-electron chi connectivity index (χ3n) is 5.32. The molecule has 2 fully saturated rings. The van der Waals surface area contributed by atoms with Gasteiger partial charge in [0.05, 0.1) is 11.7 Å². The lowest BCUT2D eigenvalue weighted by Gasteiger charge is -2.41. The number of carboxylic acid groups (broad SMARTS) is 1. The van der Waals surface area contributed by atoms with E-state index in [0.29, 0.717) is 24.1 Å². The maximum absolute atomic E-state index is 11.3. The molecule has 8 nitrogen and oxygen atoms in total. The van der Waals surface area contributed by atoms with Crippen molar-refractivity contribution < 1.29 is 14.6 Å². The summed E-state index contributed by atoms with van der Waals surface area (Å²) in [5.41, 5.74) is 0.812. The van der Waals surface area contributed by atoms with Crippen LogP contribution >= 0.6 is 12.4 Å². The maximum Gasteiger partial charge on any atom is 0.320 e. The van der Waals surface area contributed by atoms with Gasteiger partial charge in [-0.2, -0.15) is 5.21 Å². The fourth-order valence-electron chi connectivity index (χ4n) is 4.03. The largest absolute Gasteiger partial charge is 0.490 e. The number of hydrogen-bond acceptors (Lipinski definition) is 6. The van der Waals surface area contributed by atoms with E-state index in [1.165, 1.54) is 0 Å². The first kappa shape index (κ1) is 18.6. The topological polar surface area (TPSA) is 113 Å². The molecule has 0 radical (unpaired) electrons. The standard InChI is InChI=1S/C17H21N5O3.ClH/c23-17(24)14-8-11-7-12(6-5-10(11)9-18-14)25-15-4-2-1-3-13(15)16-19-21-22-20-16;/h1-4,10-12,14,18H,5-9H2,(H,23,24)(H,19,20,21,22);1H/t10-,11+,12-,14-;/m0./s1. The molecular formula is C17H22ClN5O3. The summed E-state index contributed by atoms with van der Waals surface area (Å²) in [6.45, 7) is 0.786. The van der Waals surface area contributed by atoms with Crippen LogP contribution in [0.1, 0.15) is 25.7 Å².